The van der Waals surface area contributed by atoms with E-state index in [1.165, 1.54) is 10.7 Å². The SMILES string of the molecule is C#CCCCn1nc(C)ccc1=O. The maximum atomic E-state index is 11.2. The van der Waals surface area contributed by atoms with Gasteiger partial charge in [-0.1, -0.05) is 0 Å². The Morgan fingerprint density at radius 3 is 3.08 bits per heavy atom. The van der Waals surface area contributed by atoms with Crippen LogP contribution in [-0.2, 0) is 6.54 Å². The van der Waals surface area contributed by atoms with E-state index in [0.29, 0.717) is 13.0 Å². The van der Waals surface area contributed by atoms with E-state index in [1.807, 2.05) is 6.92 Å². The monoisotopic (exact) mass is 176 g/mol. The Bertz CT molecular complexity index is 373. The van der Waals surface area contributed by atoms with Crippen LogP contribution in [0.25, 0.3) is 0 Å². The van der Waals surface area contributed by atoms with E-state index in [4.69, 9.17) is 6.42 Å². The van der Waals surface area contributed by atoms with Gasteiger partial charge in [0.2, 0.25) is 0 Å². The molecule has 0 spiro atoms. The van der Waals surface area contributed by atoms with Crippen LogP contribution in [0.1, 0.15) is 18.5 Å². The van der Waals surface area contributed by atoms with Gasteiger partial charge in [-0.25, -0.2) is 4.68 Å². The van der Waals surface area contributed by atoms with Crippen molar-refractivity contribution in [2.75, 3.05) is 0 Å². The lowest BCUT2D eigenvalue weighted by molar-refractivity contribution is 0.549. The molecule has 13 heavy (non-hydrogen) atoms. The Labute approximate surface area is 77.4 Å². The molecule has 0 N–H and O–H groups in total. The zero-order chi connectivity index (χ0) is 9.68. The van der Waals surface area contributed by atoms with Gasteiger partial charge in [-0.05, 0) is 19.4 Å². The van der Waals surface area contributed by atoms with E-state index >= 15 is 0 Å². The minimum Gasteiger partial charge on any atom is -0.268 e. The molecular weight excluding hydrogens is 164 g/mol. The summed E-state index contributed by atoms with van der Waals surface area (Å²) in [6, 6.07) is 3.23. The molecule has 3 heteroatoms. The topological polar surface area (TPSA) is 34.9 Å². The molecule has 3 nitrogen and oxygen atoms in total. The van der Waals surface area contributed by atoms with Crippen LogP contribution in [0.4, 0.5) is 0 Å². The smallest absolute Gasteiger partial charge is 0.266 e. The summed E-state index contributed by atoms with van der Waals surface area (Å²) in [5.41, 5.74) is 0.780. The van der Waals surface area contributed by atoms with Crippen molar-refractivity contribution < 1.29 is 0 Å². The molecule has 0 fully saturated rings. The predicted octanol–water partition coefficient (Wildman–Crippen LogP) is 0.965. The number of hydrogen-bond donors (Lipinski definition) is 0. The predicted molar refractivity (Wildman–Crippen MR) is 51.3 cm³/mol. The Morgan fingerprint density at radius 2 is 2.38 bits per heavy atom. The van der Waals surface area contributed by atoms with Gasteiger partial charge in [0, 0.05) is 19.0 Å². The standard InChI is InChI=1S/C10H12N2O/c1-3-4-5-8-12-10(13)7-6-9(2)11-12/h1,6-7H,4-5,8H2,2H3. The largest absolute Gasteiger partial charge is 0.268 e. The molecule has 0 aliphatic carbocycles. The molecule has 1 heterocycles. The number of terminal acetylenes is 1. The third-order valence-electron chi connectivity index (χ3n) is 1.69. The van der Waals surface area contributed by atoms with E-state index in [1.54, 1.807) is 6.07 Å². The van der Waals surface area contributed by atoms with E-state index in [0.717, 1.165) is 12.1 Å². The van der Waals surface area contributed by atoms with Crippen molar-refractivity contribution in [1.82, 2.24) is 9.78 Å². The van der Waals surface area contributed by atoms with Crippen LogP contribution in [0, 0.1) is 19.3 Å². The van der Waals surface area contributed by atoms with Gasteiger partial charge in [0.05, 0.1) is 5.69 Å². The van der Waals surface area contributed by atoms with Crippen LogP contribution in [0.15, 0.2) is 16.9 Å². The quantitative estimate of drug-likeness (QED) is 0.508. The van der Waals surface area contributed by atoms with Gasteiger partial charge >= 0.3 is 0 Å². The van der Waals surface area contributed by atoms with Gasteiger partial charge in [-0.2, -0.15) is 5.10 Å². The van der Waals surface area contributed by atoms with Crippen molar-refractivity contribution in [3.05, 3.63) is 28.2 Å². The Kier molecular flexibility index (Phi) is 3.27. The summed E-state index contributed by atoms with van der Waals surface area (Å²) in [7, 11) is 0. The van der Waals surface area contributed by atoms with Crippen molar-refractivity contribution in [1.29, 1.82) is 0 Å². The maximum absolute atomic E-state index is 11.2. The third-order valence-corrected chi connectivity index (χ3v) is 1.69. The molecule has 1 aromatic heterocycles. The maximum Gasteiger partial charge on any atom is 0.266 e. The first kappa shape index (κ1) is 9.53. The Morgan fingerprint density at radius 1 is 1.62 bits per heavy atom. The van der Waals surface area contributed by atoms with Gasteiger partial charge in [-0.3, -0.25) is 4.79 Å². The highest BCUT2D eigenvalue weighted by atomic mass is 16.1. The third kappa shape index (κ3) is 2.75. The molecule has 0 amide bonds. The number of rotatable bonds is 3. The molecule has 0 aromatic carbocycles. The number of nitrogens with zero attached hydrogens (tertiary/aromatic N) is 2. The number of aryl methyl sites for hydroxylation is 2. The molecule has 0 saturated heterocycles. The molecule has 0 radical (unpaired) electrons. The lowest BCUT2D eigenvalue weighted by atomic mass is 10.3. The summed E-state index contributed by atoms with van der Waals surface area (Å²) in [5, 5.41) is 4.08. The second-order valence-corrected chi connectivity index (χ2v) is 2.84. The molecule has 0 saturated carbocycles. The van der Waals surface area contributed by atoms with Crippen LogP contribution < -0.4 is 5.56 Å². The van der Waals surface area contributed by atoms with Crippen molar-refractivity contribution in [2.24, 2.45) is 0 Å². The first-order valence-corrected chi connectivity index (χ1v) is 4.22. The lowest BCUT2D eigenvalue weighted by Gasteiger charge is -2.02. The average Bonchev–Trinajstić information content (AvgIpc) is 2.11. The van der Waals surface area contributed by atoms with Crippen molar-refractivity contribution in [3.8, 4) is 12.3 Å². The number of unbranched alkanes of at least 4 members (excludes halogenated alkanes) is 1. The summed E-state index contributed by atoms with van der Waals surface area (Å²) < 4.78 is 1.45. The highest BCUT2D eigenvalue weighted by Crippen LogP contribution is 1.91. The average molecular weight is 176 g/mol. The normalized spacial score (nSPS) is 9.54. The summed E-state index contributed by atoms with van der Waals surface area (Å²) in [6.07, 6.45) is 6.58. The van der Waals surface area contributed by atoms with E-state index in [2.05, 4.69) is 11.0 Å². The molecule has 1 aromatic rings. The second-order valence-electron chi connectivity index (χ2n) is 2.84. The van der Waals surface area contributed by atoms with Crippen LogP contribution in [0.3, 0.4) is 0 Å². The Hall–Kier alpha value is -1.56. The summed E-state index contributed by atoms with van der Waals surface area (Å²) in [4.78, 5) is 11.2. The van der Waals surface area contributed by atoms with Gasteiger partial charge in [0.25, 0.3) is 5.56 Å². The number of aromatic nitrogens is 2. The van der Waals surface area contributed by atoms with Gasteiger partial charge in [0.15, 0.2) is 0 Å². The fourth-order valence-electron chi connectivity index (χ4n) is 1.04. The fraction of sp³-hybridized carbons (Fsp3) is 0.400. The van der Waals surface area contributed by atoms with Gasteiger partial charge in [0.1, 0.15) is 0 Å². The summed E-state index contributed by atoms with van der Waals surface area (Å²) in [5.74, 6) is 2.53. The fourth-order valence-corrected chi connectivity index (χ4v) is 1.04. The molecule has 68 valence electrons. The van der Waals surface area contributed by atoms with Crippen molar-refractivity contribution in [2.45, 2.75) is 26.3 Å². The molecule has 1 rings (SSSR count). The second kappa shape index (κ2) is 4.46. The van der Waals surface area contributed by atoms with E-state index in [-0.39, 0.29) is 5.56 Å². The molecule has 0 aliphatic heterocycles. The first-order valence-electron chi connectivity index (χ1n) is 4.22. The summed E-state index contributed by atoms with van der Waals surface area (Å²) in [6.45, 7) is 2.46. The van der Waals surface area contributed by atoms with Crippen LogP contribution in [0.5, 0.6) is 0 Å². The minimum atomic E-state index is -0.0670. The minimum absolute atomic E-state index is 0.0670. The van der Waals surface area contributed by atoms with Crippen LogP contribution in [-0.4, -0.2) is 9.78 Å². The van der Waals surface area contributed by atoms with Crippen molar-refractivity contribution in [3.63, 3.8) is 0 Å². The molecule has 0 unspecified atom stereocenters. The molecule has 0 bridgehead atoms. The number of hydrogen-bond acceptors (Lipinski definition) is 2. The zero-order valence-corrected chi connectivity index (χ0v) is 7.66. The van der Waals surface area contributed by atoms with Gasteiger partial charge < -0.3 is 0 Å². The van der Waals surface area contributed by atoms with Crippen molar-refractivity contribution >= 4 is 0 Å². The Balaban J connectivity index is 2.71. The molecule has 0 atom stereocenters. The molecule has 0 aliphatic rings. The lowest BCUT2D eigenvalue weighted by Crippen LogP contribution is -2.22. The van der Waals surface area contributed by atoms with Crippen LogP contribution >= 0.6 is 0 Å². The first-order chi connectivity index (χ1) is 6.24. The van der Waals surface area contributed by atoms with Gasteiger partial charge in [-0.15, -0.1) is 12.3 Å². The zero-order valence-electron chi connectivity index (χ0n) is 7.66. The highest BCUT2D eigenvalue weighted by Gasteiger charge is 1.95. The molecular formula is C10H12N2O. The highest BCUT2D eigenvalue weighted by molar-refractivity contribution is 4.97. The summed E-state index contributed by atoms with van der Waals surface area (Å²) >= 11 is 0. The van der Waals surface area contributed by atoms with E-state index < -0.39 is 0 Å². The van der Waals surface area contributed by atoms with E-state index in [9.17, 15) is 4.79 Å². The van der Waals surface area contributed by atoms with Crippen LogP contribution in [0.2, 0.25) is 0 Å².